The molecule has 0 unspecified atom stereocenters. The summed E-state index contributed by atoms with van der Waals surface area (Å²) >= 11 is 0. The van der Waals surface area contributed by atoms with Gasteiger partial charge < -0.3 is 14.7 Å². The van der Waals surface area contributed by atoms with Crippen LogP contribution in [0.25, 0.3) is 0 Å². The van der Waals surface area contributed by atoms with Gasteiger partial charge in [0.25, 0.3) is 5.91 Å². The van der Waals surface area contributed by atoms with E-state index in [-0.39, 0.29) is 12.2 Å². The molecule has 1 heterocycles. The van der Waals surface area contributed by atoms with Gasteiger partial charge in [-0.1, -0.05) is 18.2 Å². The minimum absolute atomic E-state index is 0.291. The first-order chi connectivity index (χ1) is 11.5. The van der Waals surface area contributed by atoms with E-state index >= 15 is 0 Å². The maximum Gasteiger partial charge on any atom is 0.263 e. The first-order valence-corrected chi connectivity index (χ1v) is 7.83. The van der Waals surface area contributed by atoms with Crippen molar-refractivity contribution < 1.29 is 19.4 Å². The van der Waals surface area contributed by atoms with Gasteiger partial charge in [0.1, 0.15) is 5.75 Å². The van der Waals surface area contributed by atoms with Gasteiger partial charge in [0.2, 0.25) is 0 Å². The third-order valence-electron chi connectivity index (χ3n) is 4.27. The number of ketones is 1. The lowest BCUT2D eigenvalue weighted by Crippen LogP contribution is -2.40. The number of likely N-dealkylation sites (N-methyl/N-ethyl adjacent to an activating group) is 1. The summed E-state index contributed by atoms with van der Waals surface area (Å²) in [7, 11) is 1.60. The summed E-state index contributed by atoms with van der Waals surface area (Å²) < 4.78 is 5.35. The summed E-state index contributed by atoms with van der Waals surface area (Å²) in [5.74, 6) is -0.100. The molecular weight excluding hydrogens is 306 g/mol. The lowest BCUT2D eigenvalue weighted by atomic mass is 9.88. The van der Waals surface area contributed by atoms with Crippen LogP contribution in [0, 0.1) is 0 Å². The Labute approximate surface area is 140 Å². The monoisotopic (exact) mass is 325 g/mol. The Balaban J connectivity index is 1.87. The van der Waals surface area contributed by atoms with Crippen molar-refractivity contribution in [2.75, 3.05) is 18.6 Å². The van der Waals surface area contributed by atoms with Gasteiger partial charge in [-0.25, -0.2) is 0 Å². The van der Waals surface area contributed by atoms with Gasteiger partial charge in [0.05, 0.1) is 18.7 Å². The number of Topliss-reactive ketones (excluding diaryl/α,β-unsaturated/α-hetero) is 1. The zero-order chi connectivity index (χ0) is 17.3. The van der Waals surface area contributed by atoms with Gasteiger partial charge in [-0.3, -0.25) is 9.59 Å². The number of fused-ring (bicyclic) bond motifs is 1. The van der Waals surface area contributed by atoms with Crippen molar-refractivity contribution in [2.45, 2.75) is 18.9 Å². The summed E-state index contributed by atoms with van der Waals surface area (Å²) in [6.45, 7) is 2.43. The van der Waals surface area contributed by atoms with Crippen LogP contribution in [0.1, 0.15) is 29.3 Å². The average molecular weight is 325 g/mol. The molecule has 1 aliphatic heterocycles. The summed E-state index contributed by atoms with van der Waals surface area (Å²) in [4.78, 5) is 26.4. The number of nitrogens with zero attached hydrogens (tertiary/aromatic N) is 1. The Hall–Kier alpha value is -2.66. The predicted octanol–water partition coefficient (Wildman–Crippen LogP) is 2.52. The fourth-order valence-corrected chi connectivity index (χ4v) is 3.03. The number of benzene rings is 2. The molecule has 0 saturated heterocycles. The highest BCUT2D eigenvalue weighted by Crippen LogP contribution is 2.41. The molecule has 0 aromatic heterocycles. The van der Waals surface area contributed by atoms with Crippen LogP contribution in [0.5, 0.6) is 5.75 Å². The largest absolute Gasteiger partial charge is 0.494 e. The van der Waals surface area contributed by atoms with Crippen molar-refractivity contribution in [1.29, 1.82) is 0 Å². The van der Waals surface area contributed by atoms with Crippen molar-refractivity contribution >= 4 is 17.4 Å². The molecule has 1 atom stereocenters. The van der Waals surface area contributed by atoms with E-state index in [0.717, 1.165) is 0 Å². The summed E-state index contributed by atoms with van der Waals surface area (Å²) in [6, 6.07) is 13.7. The first-order valence-electron chi connectivity index (χ1n) is 7.83. The second-order valence-corrected chi connectivity index (χ2v) is 5.80. The summed E-state index contributed by atoms with van der Waals surface area (Å²) in [6.07, 6.45) is -0.291. The van der Waals surface area contributed by atoms with E-state index in [4.69, 9.17) is 4.74 Å². The fraction of sp³-hybridized carbons (Fsp3) is 0.263. The maximum atomic E-state index is 12.6. The number of rotatable bonds is 5. The second-order valence-electron chi connectivity index (χ2n) is 5.80. The Morgan fingerprint density at radius 2 is 1.83 bits per heavy atom. The standard InChI is InChI=1S/C19H19NO4/c1-3-24-14-10-8-13(9-11-14)17(21)12-19(23)15-6-4-5-7-16(15)20(2)18(19)22/h4-11,23H,3,12H2,1-2H3/t19-/m0/s1. The van der Waals surface area contributed by atoms with Crippen LogP contribution in [0.2, 0.25) is 0 Å². The van der Waals surface area contributed by atoms with Crippen LogP contribution in [0.3, 0.4) is 0 Å². The van der Waals surface area contributed by atoms with Crippen LogP contribution in [0.4, 0.5) is 5.69 Å². The lowest BCUT2D eigenvalue weighted by Gasteiger charge is -2.21. The topological polar surface area (TPSA) is 66.8 Å². The molecule has 5 heteroatoms. The van der Waals surface area contributed by atoms with Gasteiger partial charge in [0, 0.05) is 18.2 Å². The molecule has 0 spiro atoms. The Morgan fingerprint density at radius 3 is 2.50 bits per heavy atom. The van der Waals surface area contributed by atoms with E-state index in [0.29, 0.717) is 29.2 Å². The zero-order valence-corrected chi connectivity index (χ0v) is 13.7. The molecule has 0 radical (unpaired) electrons. The molecule has 3 rings (SSSR count). The Kier molecular flexibility index (Phi) is 4.11. The minimum atomic E-state index is -1.82. The SMILES string of the molecule is CCOc1ccc(C(=O)C[C@@]2(O)C(=O)N(C)c3ccccc32)cc1. The van der Waals surface area contributed by atoms with Crippen molar-refractivity contribution in [1.82, 2.24) is 0 Å². The molecule has 2 aromatic rings. The van der Waals surface area contributed by atoms with E-state index in [1.54, 1.807) is 55.6 Å². The van der Waals surface area contributed by atoms with Gasteiger partial charge in [-0.15, -0.1) is 0 Å². The number of hydrogen-bond acceptors (Lipinski definition) is 4. The maximum absolute atomic E-state index is 12.6. The number of hydrogen-bond donors (Lipinski definition) is 1. The molecule has 0 aliphatic carbocycles. The quantitative estimate of drug-likeness (QED) is 0.858. The molecule has 0 saturated carbocycles. The first kappa shape index (κ1) is 16.2. The smallest absolute Gasteiger partial charge is 0.263 e. The van der Waals surface area contributed by atoms with Crippen LogP contribution in [-0.2, 0) is 10.4 Å². The van der Waals surface area contributed by atoms with Gasteiger partial charge >= 0.3 is 0 Å². The number of amides is 1. The number of aliphatic hydroxyl groups is 1. The molecule has 0 bridgehead atoms. The number of anilines is 1. The molecule has 24 heavy (non-hydrogen) atoms. The average Bonchev–Trinajstić information content (AvgIpc) is 2.78. The normalized spacial score (nSPS) is 19.3. The van der Waals surface area contributed by atoms with Crippen molar-refractivity contribution in [3.05, 3.63) is 59.7 Å². The third kappa shape index (κ3) is 2.57. The van der Waals surface area contributed by atoms with Crippen molar-refractivity contribution in [2.24, 2.45) is 0 Å². The molecule has 2 aromatic carbocycles. The third-order valence-corrected chi connectivity index (χ3v) is 4.27. The van der Waals surface area contributed by atoms with Crippen LogP contribution in [-0.4, -0.2) is 30.5 Å². The molecule has 1 aliphatic rings. The number of carbonyl (C=O) groups is 2. The van der Waals surface area contributed by atoms with E-state index in [2.05, 4.69) is 0 Å². The Bertz CT molecular complexity index is 784. The number of ether oxygens (including phenoxy) is 1. The molecule has 0 fully saturated rings. The Morgan fingerprint density at radius 1 is 1.17 bits per heavy atom. The summed E-state index contributed by atoms with van der Waals surface area (Å²) in [5.41, 5.74) is -0.283. The molecule has 5 nitrogen and oxygen atoms in total. The molecule has 1 N–H and O–H groups in total. The van der Waals surface area contributed by atoms with E-state index in [1.807, 2.05) is 6.92 Å². The molecular formula is C19H19NO4. The second kappa shape index (κ2) is 6.09. The lowest BCUT2D eigenvalue weighted by molar-refractivity contribution is -0.135. The number of carbonyl (C=O) groups excluding carboxylic acids is 2. The van der Waals surface area contributed by atoms with E-state index < -0.39 is 11.5 Å². The molecule has 124 valence electrons. The minimum Gasteiger partial charge on any atom is -0.494 e. The van der Waals surface area contributed by atoms with Crippen LogP contribution in [0.15, 0.2) is 48.5 Å². The number of para-hydroxylation sites is 1. The fourth-order valence-electron chi connectivity index (χ4n) is 3.03. The van der Waals surface area contributed by atoms with Gasteiger partial charge in [0.15, 0.2) is 11.4 Å². The predicted molar refractivity (Wildman–Crippen MR) is 90.3 cm³/mol. The molecule has 1 amide bonds. The van der Waals surface area contributed by atoms with Crippen molar-refractivity contribution in [3.8, 4) is 5.75 Å². The zero-order valence-electron chi connectivity index (χ0n) is 13.7. The van der Waals surface area contributed by atoms with Crippen LogP contribution >= 0.6 is 0 Å². The highest BCUT2D eigenvalue weighted by Gasteiger charge is 2.49. The van der Waals surface area contributed by atoms with E-state index in [1.165, 1.54) is 4.90 Å². The van der Waals surface area contributed by atoms with Gasteiger partial charge in [-0.05, 0) is 37.3 Å². The van der Waals surface area contributed by atoms with Crippen molar-refractivity contribution in [3.63, 3.8) is 0 Å². The highest BCUT2D eigenvalue weighted by molar-refractivity contribution is 6.10. The van der Waals surface area contributed by atoms with Crippen LogP contribution < -0.4 is 9.64 Å². The highest BCUT2D eigenvalue weighted by atomic mass is 16.5. The van der Waals surface area contributed by atoms with Gasteiger partial charge in [-0.2, -0.15) is 0 Å². The summed E-state index contributed by atoms with van der Waals surface area (Å²) in [5, 5.41) is 10.9. The van der Waals surface area contributed by atoms with E-state index in [9.17, 15) is 14.7 Å².